The van der Waals surface area contributed by atoms with Crippen molar-refractivity contribution in [3.05, 3.63) is 29.8 Å². The molecule has 4 nitrogen and oxygen atoms in total. The van der Waals surface area contributed by atoms with E-state index >= 15 is 0 Å². The molecule has 9 atom stereocenters. The zero-order valence-electron chi connectivity index (χ0n) is 22.7. The van der Waals surface area contributed by atoms with Crippen molar-refractivity contribution in [3.8, 4) is 0 Å². The lowest BCUT2D eigenvalue weighted by atomic mass is 9.44. The van der Waals surface area contributed by atoms with Gasteiger partial charge in [-0.25, -0.2) is 8.42 Å². The van der Waals surface area contributed by atoms with Gasteiger partial charge < -0.3 is 5.11 Å². The van der Waals surface area contributed by atoms with E-state index in [1.54, 1.807) is 24.3 Å². The van der Waals surface area contributed by atoms with Crippen LogP contribution < -0.4 is 0 Å². The van der Waals surface area contributed by atoms with E-state index < -0.39 is 21.1 Å². The largest absolute Gasteiger partial charge is 0.480 e. The first-order valence-corrected chi connectivity index (χ1v) is 16.1. The molecule has 4 saturated carbocycles. The summed E-state index contributed by atoms with van der Waals surface area (Å²) < 4.78 is 26.7. The van der Waals surface area contributed by atoms with E-state index in [0.717, 1.165) is 29.7 Å². The number of carboxylic acid groups (broad SMARTS) is 1. The average molecular weight is 515 g/mol. The minimum absolute atomic E-state index is 0.0690. The Kier molecular flexibility index (Phi) is 6.88. The fraction of sp³-hybridized carbons (Fsp3) is 0.774. The molecule has 0 saturated heterocycles. The Hall–Kier alpha value is -1.36. The minimum atomic E-state index is -3.93. The molecule has 0 radical (unpaired) electrons. The van der Waals surface area contributed by atoms with Gasteiger partial charge in [-0.2, -0.15) is 0 Å². The maximum atomic E-state index is 13.4. The Morgan fingerprint density at radius 2 is 1.64 bits per heavy atom. The fourth-order valence-electron chi connectivity index (χ4n) is 10.0. The molecule has 0 aliphatic heterocycles. The van der Waals surface area contributed by atoms with Crippen molar-refractivity contribution in [1.82, 2.24) is 0 Å². The Morgan fingerprint density at radius 1 is 0.944 bits per heavy atom. The first-order valence-electron chi connectivity index (χ1n) is 14.5. The number of hydrogen-bond acceptors (Lipinski definition) is 3. The molecule has 1 aromatic carbocycles. The van der Waals surface area contributed by atoms with Gasteiger partial charge in [0.1, 0.15) is 0 Å². The van der Waals surface area contributed by atoms with Crippen LogP contribution >= 0.6 is 0 Å². The molecule has 0 amide bonds. The number of benzene rings is 1. The van der Waals surface area contributed by atoms with Crippen LogP contribution in [-0.4, -0.2) is 24.7 Å². The molecular formula is C31H46O4S. The summed E-state index contributed by atoms with van der Waals surface area (Å²) >= 11 is 0. The van der Waals surface area contributed by atoms with Gasteiger partial charge in [0, 0.05) is 0 Å². The maximum Gasteiger partial charge on any atom is 0.322 e. The Bertz CT molecular complexity index is 1080. The van der Waals surface area contributed by atoms with Gasteiger partial charge in [-0.3, -0.25) is 4.79 Å². The SMILES string of the molecule is Cc1ccc(S(=O)(=O)C(CC(C)[C@H]2CC[C@H]3[C@@H]4CCC5CCCC[C@]5(C)[C@H]4CC[C@]23C)C(=O)O)cc1. The molecule has 1 N–H and O–H groups in total. The third kappa shape index (κ3) is 4.16. The van der Waals surface area contributed by atoms with Crippen molar-refractivity contribution in [2.45, 2.75) is 108 Å². The highest BCUT2D eigenvalue weighted by molar-refractivity contribution is 7.92. The van der Waals surface area contributed by atoms with Crippen LogP contribution in [0.2, 0.25) is 0 Å². The van der Waals surface area contributed by atoms with Crippen LogP contribution in [0.3, 0.4) is 0 Å². The quantitative estimate of drug-likeness (QED) is 0.432. The van der Waals surface area contributed by atoms with Gasteiger partial charge in [0.05, 0.1) is 4.90 Å². The predicted octanol–water partition coefficient (Wildman–Crippen LogP) is 7.30. The minimum Gasteiger partial charge on any atom is -0.480 e. The van der Waals surface area contributed by atoms with E-state index in [4.69, 9.17) is 0 Å². The highest BCUT2D eigenvalue weighted by Gasteiger charge is 2.60. The Labute approximate surface area is 218 Å². The first kappa shape index (κ1) is 26.3. The van der Waals surface area contributed by atoms with Crippen molar-refractivity contribution >= 4 is 15.8 Å². The summed E-state index contributed by atoms with van der Waals surface area (Å²) in [7, 11) is -3.93. The van der Waals surface area contributed by atoms with E-state index in [9.17, 15) is 18.3 Å². The monoisotopic (exact) mass is 514 g/mol. The van der Waals surface area contributed by atoms with Gasteiger partial charge in [0.15, 0.2) is 15.1 Å². The summed E-state index contributed by atoms with van der Waals surface area (Å²) in [6.07, 6.45) is 13.5. The molecule has 3 unspecified atom stereocenters. The van der Waals surface area contributed by atoms with E-state index in [0.29, 0.717) is 17.3 Å². The van der Waals surface area contributed by atoms with E-state index in [1.165, 1.54) is 57.8 Å². The number of aryl methyl sites for hydroxylation is 1. The lowest BCUT2D eigenvalue weighted by molar-refractivity contribution is -0.137. The normalized spacial score (nSPS) is 39.9. The molecule has 4 fully saturated rings. The van der Waals surface area contributed by atoms with E-state index in [2.05, 4.69) is 20.8 Å². The zero-order chi connectivity index (χ0) is 25.9. The van der Waals surface area contributed by atoms with Gasteiger partial charge in [-0.05, 0) is 123 Å². The van der Waals surface area contributed by atoms with Gasteiger partial charge in [-0.15, -0.1) is 0 Å². The molecule has 0 aromatic heterocycles. The van der Waals surface area contributed by atoms with Crippen LogP contribution in [0.25, 0.3) is 0 Å². The number of rotatable bonds is 6. The molecule has 5 heteroatoms. The molecule has 0 heterocycles. The Morgan fingerprint density at radius 3 is 2.33 bits per heavy atom. The molecule has 1 aromatic rings. The lowest BCUT2D eigenvalue weighted by Crippen LogP contribution is -2.53. The highest BCUT2D eigenvalue weighted by atomic mass is 32.2. The number of hydrogen-bond donors (Lipinski definition) is 1. The van der Waals surface area contributed by atoms with Crippen LogP contribution in [0.4, 0.5) is 0 Å². The summed E-state index contributed by atoms with van der Waals surface area (Å²) in [5, 5.41) is 8.64. The summed E-state index contributed by atoms with van der Waals surface area (Å²) in [5.41, 5.74) is 1.68. The van der Waals surface area contributed by atoms with Gasteiger partial charge in [0.25, 0.3) is 0 Å². The van der Waals surface area contributed by atoms with Crippen molar-refractivity contribution in [2.75, 3.05) is 0 Å². The summed E-state index contributed by atoms with van der Waals surface area (Å²) in [5.74, 6) is 2.52. The number of fused-ring (bicyclic) bond motifs is 5. The van der Waals surface area contributed by atoms with Crippen LogP contribution in [0, 0.1) is 53.3 Å². The summed E-state index contributed by atoms with van der Waals surface area (Å²) in [6, 6.07) is 6.61. The molecule has 5 rings (SSSR count). The van der Waals surface area contributed by atoms with Crippen LogP contribution in [0.1, 0.15) is 97.0 Å². The van der Waals surface area contributed by atoms with Crippen LogP contribution in [-0.2, 0) is 14.6 Å². The second-order valence-electron chi connectivity index (χ2n) is 13.5. The standard InChI is InChI=1S/C31H46O4S/c1-20-8-11-23(12-9-20)36(34,35)28(29(32)33)19-21(2)25-14-15-26-24-13-10-22-7-5-6-17-30(22,3)27(24)16-18-31(25,26)4/h8-9,11-12,21-22,24-28H,5-7,10,13-19H2,1-4H3,(H,32,33)/t21?,22?,24-,25+,26-,27-,28?,30-,31+/m0/s1. The average Bonchev–Trinajstić information content (AvgIpc) is 3.19. The van der Waals surface area contributed by atoms with Crippen LogP contribution in [0.5, 0.6) is 0 Å². The first-order chi connectivity index (χ1) is 17.0. The summed E-state index contributed by atoms with van der Waals surface area (Å²) in [6.45, 7) is 9.12. The zero-order valence-corrected chi connectivity index (χ0v) is 23.5. The third-order valence-corrected chi connectivity index (χ3v) is 14.0. The highest BCUT2D eigenvalue weighted by Crippen LogP contribution is 2.68. The number of aliphatic carboxylic acids is 1. The van der Waals surface area contributed by atoms with Gasteiger partial charge in [0.2, 0.25) is 0 Å². The van der Waals surface area contributed by atoms with Crippen molar-refractivity contribution in [1.29, 1.82) is 0 Å². The van der Waals surface area contributed by atoms with Gasteiger partial charge in [-0.1, -0.05) is 51.3 Å². The fourth-order valence-corrected chi connectivity index (χ4v) is 11.7. The number of sulfone groups is 1. The van der Waals surface area contributed by atoms with Crippen molar-refractivity contribution in [2.24, 2.45) is 46.3 Å². The lowest BCUT2D eigenvalue weighted by Gasteiger charge is -2.61. The van der Waals surface area contributed by atoms with Crippen molar-refractivity contribution in [3.63, 3.8) is 0 Å². The second-order valence-corrected chi connectivity index (χ2v) is 15.7. The maximum absolute atomic E-state index is 13.4. The second kappa shape index (κ2) is 9.43. The van der Waals surface area contributed by atoms with E-state index in [1.807, 2.05) is 6.92 Å². The van der Waals surface area contributed by atoms with E-state index in [-0.39, 0.29) is 22.6 Å². The molecule has 4 aliphatic carbocycles. The predicted molar refractivity (Wildman–Crippen MR) is 143 cm³/mol. The van der Waals surface area contributed by atoms with Crippen molar-refractivity contribution < 1.29 is 18.3 Å². The molecule has 4 aliphatic rings. The van der Waals surface area contributed by atoms with Crippen LogP contribution in [0.15, 0.2) is 29.2 Å². The third-order valence-electron chi connectivity index (χ3n) is 11.9. The molecule has 0 bridgehead atoms. The Balaban J connectivity index is 1.35. The number of carbonyl (C=O) groups is 1. The number of carboxylic acids is 1. The summed E-state index contributed by atoms with van der Waals surface area (Å²) in [4.78, 5) is 12.4. The molecular weight excluding hydrogens is 468 g/mol. The van der Waals surface area contributed by atoms with Gasteiger partial charge >= 0.3 is 5.97 Å². The molecule has 200 valence electrons. The molecule has 36 heavy (non-hydrogen) atoms. The topological polar surface area (TPSA) is 71.4 Å². The molecule has 0 spiro atoms. The smallest absolute Gasteiger partial charge is 0.322 e.